The van der Waals surface area contributed by atoms with Gasteiger partial charge in [-0.3, -0.25) is 4.79 Å². The average Bonchev–Trinajstić information content (AvgIpc) is 3.13. The van der Waals surface area contributed by atoms with Crippen molar-refractivity contribution >= 4 is 17.4 Å². The molecule has 1 aliphatic rings. The average molecular weight is 254 g/mol. The number of nitrogens with one attached hydrogen (secondary N) is 1. The highest BCUT2D eigenvalue weighted by Gasteiger charge is 2.22. The van der Waals surface area contributed by atoms with Crippen LogP contribution >= 0.6 is 11.6 Å². The van der Waals surface area contributed by atoms with Crippen LogP contribution < -0.4 is 10.1 Å². The molecule has 1 fully saturated rings. The first-order chi connectivity index (χ1) is 8.11. The first-order valence-electron chi connectivity index (χ1n) is 5.72. The molecule has 1 saturated carbocycles. The Kier molecular flexibility index (Phi) is 3.69. The van der Waals surface area contributed by atoms with Crippen LogP contribution in [0.5, 0.6) is 5.75 Å². The first-order valence-corrected chi connectivity index (χ1v) is 6.10. The number of ketones is 1. The number of hydrogen-bond acceptors (Lipinski definition) is 3. The topological polar surface area (TPSA) is 38.3 Å². The zero-order chi connectivity index (χ0) is 12.4. The van der Waals surface area contributed by atoms with E-state index in [9.17, 15) is 4.79 Å². The van der Waals surface area contributed by atoms with E-state index >= 15 is 0 Å². The molecule has 0 amide bonds. The third kappa shape index (κ3) is 2.99. The molecule has 1 aromatic rings. The number of benzene rings is 1. The number of rotatable bonds is 5. The summed E-state index contributed by atoms with van der Waals surface area (Å²) in [4.78, 5) is 12.0. The van der Waals surface area contributed by atoms with Crippen molar-refractivity contribution in [2.75, 3.05) is 13.7 Å². The van der Waals surface area contributed by atoms with Gasteiger partial charge in [-0.15, -0.1) is 0 Å². The van der Waals surface area contributed by atoms with E-state index in [0.717, 1.165) is 5.56 Å². The minimum absolute atomic E-state index is 0.0238. The van der Waals surface area contributed by atoms with Crippen LogP contribution in [-0.2, 0) is 0 Å². The molecule has 4 heteroatoms. The predicted molar refractivity (Wildman–Crippen MR) is 68.1 cm³/mol. The Morgan fingerprint density at radius 3 is 2.82 bits per heavy atom. The molecule has 0 aromatic heterocycles. The molecule has 0 spiro atoms. The van der Waals surface area contributed by atoms with Crippen molar-refractivity contribution in [1.29, 1.82) is 0 Å². The van der Waals surface area contributed by atoms with Crippen LogP contribution in [0.3, 0.4) is 0 Å². The Labute approximate surface area is 106 Å². The smallest absolute Gasteiger partial charge is 0.180 e. The van der Waals surface area contributed by atoms with Crippen molar-refractivity contribution in [2.24, 2.45) is 0 Å². The van der Waals surface area contributed by atoms with Gasteiger partial charge in [0.2, 0.25) is 0 Å². The summed E-state index contributed by atoms with van der Waals surface area (Å²) in [7, 11) is 1.56. The molecule has 0 bridgehead atoms. The Morgan fingerprint density at radius 2 is 2.24 bits per heavy atom. The fourth-order valence-corrected chi connectivity index (χ4v) is 1.83. The number of ether oxygens (including phenoxy) is 1. The van der Waals surface area contributed by atoms with Crippen molar-refractivity contribution < 1.29 is 9.53 Å². The molecule has 0 unspecified atom stereocenters. The van der Waals surface area contributed by atoms with E-state index in [2.05, 4.69) is 5.32 Å². The third-order valence-electron chi connectivity index (χ3n) is 2.91. The summed E-state index contributed by atoms with van der Waals surface area (Å²) < 4.78 is 5.22. The van der Waals surface area contributed by atoms with Gasteiger partial charge < -0.3 is 10.1 Å². The molecular formula is C13H16ClNO2. The molecular weight excluding hydrogens is 238 g/mol. The van der Waals surface area contributed by atoms with E-state index < -0.39 is 0 Å². The van der Waals surface area contributed by atoms with Gasteiger partial charge in [-0.2, -0.15) is 0 Å². The lowest BCUT2D eigenvalue weighted by molar-refractivity contribution is 0.0987. The van der Waals surface area contributed by atoms with Crippen LogP contribution in [0.2, 0.25) is 5.02 Å². The van der Waals surface area contributed by atoms with Gasteiger partial charge in [-0.25, -0.2) is 0 Å². The molecule has 3 nitrogen and oxygen atoms in total. The summed E-state index contributed by atoms with van der Waals surface area (Å²) in [6.45, 7) is 2.24. The molecule has 1 aromatic carbocycles. The lowest BCUT2D eigenvalue weighted by Crippen LogP contribution is -2.25. The van der Waals surface area contributed by atoms with Crippen LogP contribution in [0.4, 0.5) is 0 Å². The van der Waals surface area contributed by atoms with Gasteiger partial charge in [0.15, 0.2) is 5.78 Å². The van der Waals surface area contributed by atoms with Crippen LogP contribution in [0, 0.1) is 6.92 Å². The minimum Gasteiger partial charge on any atom is -0.496 e. The van der Waals surface area contributed by atoms with Gasteiger partial charge in [-0.1, -0.05) is 11.6 Å². The zero-order valence-corrected chi connectivity index (χ0v) is 10.8. The number of Topliss-reactive ketones (excluding diaryl/α,β-unsaturated/α-hetero) is 1. The number of hydrogen-bond donors (Lipinski definition) is 1. The lowest BCUT2D eigenvalue weighted by atomic mass is 10.1. The van der Waals surface area contributed by atoms with Crippen LogP contribution in [0.15, 0.2) is 12.1 Å². The van der Waals surface area contributed by atoms with Gasteiger partial charge >= 0.3 is 0 Å². The second kappa shape index (κ2) is 5.07. The summed E-state index contributed by atoms with van der Waals surface area (Å²) in [6.07, 6.45) is 2.33. The van der Waals surface area contributed by atoms with E-state index in [1.807, 2.05) is 6.92 Å². The number of carbonyl (C=O) groups is 1. The molecule has 92 valence electrons. The molecule has 0 radical (unpaired) electrons. The number of carbonyl (C=O) groups excluding carboxylic acids is 1. The summed E-state index contributed by atoms with van der Waals surface area (Å²) in [5, 5.41) is 3.79. The monoisotopic (exact) mass is 253 g/mol. The third-order valence-corrected chi connectivity index (χ3v) is 3.32. The van der Waals surface area contributed by atoms with Gasteiger partial charge in [-0.05, 0) is 37.5 Å². The predicted octanol–water partition coefficient (Wildman–Crippen LogP) is 2.59. The first kappa shape index (κ1) is 12.4. The molecule has 0 atom stereocenters. The van der Waals surface area contributed by atoms with Gasteiger partial charge in [0.05, 0.1) is 19.2 Å². The maximum absolute atomic E-state index is 12.0. The standard InChI is InChI=1S/C13H16ClNO2/c1-8-5-13(17-2)10(6-11(8)14)12(16)7-15-9-3-4-9/h5-6,9,15H,3-4,7H2,1-2H3. The van der Waals surface area contributed by atoms with Crippen molar-refractivity contribution in [3.8, 4) is 5.75 Å². The normalized spacial score (nSPS) is 14.8. The second-order valence-corrected chi connectivity index (χ2v) is 4.79. The summed E-state index contributed by atoms with van der Waals surface area (Å²) in [5.74, 6) is 0.616. The van der Waals surface area contributed by atoms with E-state index in [4.69, 9.17) is 16.3 Å². The van der Waals surface area contributed by atoms with Gasteiger partial charge in [0.25, 0.3) is 0 Å². The van der Waals surface area contributed by atoms with E-state index in [0.29, 0.717) is 28.9 Å². The second-order valence-electron chi connectivity index (χ2n) is 4.38. The Hall–Kier alpha value is -1.06. The number of aryl methyl sites for hydroxylation is 1. The van der Waals surface area contributed by atoms with Crippen molar-refractivity contribution in [2.45, 2.75) is 25.8 Å². The maximum Gasteiger partial charge on any atom is 0.180 e. The van der Waals surface area contributed by atoms with Gasteiger partial charge in [0, 0.05) is 11.1 Å². The van der Waals surface area contributed by atoms with Crippen LogP contribution in [-0.4, -0.2) is 25.5 Å². The van der Waals surface area contributed by atoms with Crippen molar-refractivity contribution in [3.63, 3.8) is 0 Å². The highest BCUT2D eigenvalue weighted by molar-refractivity contribution is 6.31. The molecule has 1 aliphatic carbocycles. The fourth-order valence-electron chi connectivity index (χ4n) is 1.66. The minimum atomic E-state index is 0.0238. The van der Waals surface area contributed by atoms with E-state index in [1.54, 1.807) is 19.2 Å². The molecule has 1 N–H and O–H groups in total. The summed E-state index contributed by atoms with van der Waals surface area (Å²) in [5.41, 5.74) is 1.46. The maximum atomic E-state index is 12.0. The molecule has 2 rings (SSSR count). The van der Waals surface area contributed by atoms with E-state index in [-0.39, 0.29) is 5.78 Å². The van der Waals surface area contributed by atoms with Crippen LogP contribution in [0.25, 0.3) is 0 Å². The van der Waals surface area contributed by atoms with E-state index in [1.165, 1.54) is 12.8 Å². The molecule has 0 aliphatic heterocycles. The highest BCUT2D eigenvalue weighted by Crippen LogP contribution is 2.27. The largest absolute Gasteiger partial charge is 0.496 e. The molecule has 17 heavy (non-hydrogen) atoms. The Bertz CT molecular complexity index is 441. The Balaban J connectivity index is 2.16. The summed E-state index contributed by atoms with van der Waals surface area (Å²) >= 11 is 6.03. The molecule has 0 heterocycles. The lowest BCUT2D eigenvalue weighted by Gasteiger charge is -2.10. The van der Waals surface area contributed by atoms with Crippen LogP contribution in [0.1, 0.15) is 28.8 Å². The number of halogens is 1. The quantitative estimate of drug-likeness (QED) is 0.820. The Morgan fingerprint density at radius 1 is 1.53 bits per heavy atom. The zero-order valence-electron chi connectivity index (χ0n) is 10.0. The van der Waals surface area contributed by atoms with Gasteiger partial charge in [0.1, 0.15) is 5.75 Å². The van der Waals surface area contributed by atoms with Crippen molar-refractivity contribution in [1.82, 2.24) is 5.32 Å². The number of methoxy groups -OCH3 is 1. The molecule has 0 saturated heterocycles. The highest BCUT2D eigenvalue weighted by atomic mass is 35.5. The fraction of sp³-hybridized carbons (Fsp3) is 0.462. The summed E-state index contributed by atoms with van der Waals surface area (Å²) in [6, 6.07) is 4.00. The SMILES string of the molecule is COc1cc(C)c(Cl)cc1C(=O)CNC1CC1. The van der Waals surface area contributed by atoms with Crippen molar-refractivity contribution in [3.05, 3.63) is 28.3 Å².